The minimum absolute atomic E-state index is 0.754. The summed E-state index contributed by atoms with van der Waals surface area (Å²) in [5.41, 5.74) is 3.99. The van der Waals surface area contributed by atoms with E-state index in [2.05, 4.69) is 74.5 Å². The van der Waals surface area contributed by atoms with Gasteiger partial charge in [0, 0.05) is 27.4 Å². The van der Waals surface area contributed by atoms with Gasteiger partial charge in [-0.15, -0.1) is 0 Å². The predicted molar refractivity (Wildman–Crippen MR) is 121 cm³/mol. The number of piperidine rings is 1. The Morgan fingerprint density at radius 3 is 2.55 bits per heavy atom. The van der Waals surface area contributed by atoms with Crippen molar-refractivity contribution < 1.29 is 4.42 Å². The Labute approximate surface area is 184 Å². The molecule has 29 heavy (non-hydrogen) atoms. The van der Waals surface area contributed by atoms with E-state index in [1.54, 1.807) is 0 Å². The maximum atomic E-state index is 5.33. The number of fused-ring (bicyclic) bond motifs is 4. The van der Waals surface area contributed by atoms with Crippen molar-refractivity contribution in [2.24, 2.45) is 17.8 Å². The number of anilines is 2. The lowest BCUT2D eigenvalue weighted by Gasteiger charge is -2.46. The maximum Gasteiger partial charge on any atom is 0.0934 e. The van der Waals surface area contributed by atoms with Crippen molar-refractivity contribution in [3.05, 3.63) is 71.1 Å². The lowest BCUT2D eigenvalue weighted by atomic mass is 9.81. The first-order valence-electron chi connectivity index (χ1n) is 10.4. The molecule has 2 fully saturated rings. The van der Waals surface area contributed by atoms with Gasteiger partial charge in [-0.2, -0.15) is 0 Å². The van der Waals surface area contributed by atoms with Crippen LogP contribution in [0.15, 0.2) is 79.7 Å². The molecule has 3 aromatic rings. The van der Waals surface area contributed by atoms with E-state index < -0.39 is 0 Å². The van der Waals surface area contributed by atoms with Gasteiger partial charge in [-0.3, -0.25) is 5.01 Å². The third-order valence-corrected chi connectivity index (χ3v) is 8.41. The Morgan fingerprint density at radius 1 is 0.966 bits per heavy atom. The third kappa shape index (κ3) is 3.15. The van der Waals surface area contributed by atoms with Gasteiger partial charge in [-0.1, -0.05) is 39.8 Å². The van der Waals surface area contributed by atoms with Crippen molar-refractivity contribution in [2.75, 3.05) is 18.1 Å². The van der Waals surface area contributed by atoms with E-state index in [4.69, 9.17) is 4.42 Å². The highest BCUT2D eigenvalue weighted by atomic mass is 79.9. The number of halogens is 1. The van der Waals surface area contributed by atoms with Crippen molar-refractivity contribution in [2.45, 2.75) is 29.1 Å². The average Bonchev–Trinajstić information content (AvgIpc) is 3.31. The number of benzene rings is 2. The van der Waals surface area contributed by atoms with Gasteiger partial charge in [0.15, 0.2) is 0 Å². The van der Waals surface area contributed by atoms with Crippen LogP contribution in [-0.2, 0) is 6.42 Å². The van der Waals surface area contributed by atoms with Gasteiger partial charge >= 0.3 is 0 Å². The molecule has 5 heteroatoms. The van der Waals surface area contributed by atoms with Crippen molar-refractivity contribution in [3.8, 4) is 0 Å². The molecule has 3 heterocycles. The first-order valence-corrected chi connectivity index (χ1v) is 12.0. The highest BCUT2D eigenvalue weighted by molar-refractivity contribution is 9.10. The zero-order valence-corrected chi connectivity index (χ0v) is 18.5. The van der Waals surface area contributed by atoms with Crippen LogP contribution in [0.3, 0.4) is 0 Å². The number of hydrogen-bond acceptors (Lipinski definition) is 4. The molecule has 0 N–H and O–H groups in total. The summed E-state index contributed by atoms with van der Waals surface area (Å²) in [4.78, 5) is 2.66. The summed E-state index contributed by atoms with van der Waals surface area (Å²) in [6, 6.07) is 17.7. The number of hydrogen-bond donors (Lipinski definition) is 0. The van der Waals surface area contributed by atoms with Crippen molar-refractivity contribution in [1.29, 1.82) is 0 Å². The van der Waals surface area contributed by atoms with Crippen LogP contribution in [0.4, 0.5) is 11.4 Å². The second kappa shape index (κ2) is 7.22. The van der Waals surface area contributed by atoms with Crippen LogP contribution in [0.25, 0.3) is 0 Å². The van der Waals surface area contributed by atoms with Gasteiger partial charge < -0.3 is 4.42 Å². The molecule has 0 radical (unpaired) electrons. The monoisotopic (exact) mass is 466 g/mol. The molecule has 1 aromatic heterocycles. The Balaban J connectivity index is 1.34. The number of hydrazine groups is 1. The second-order valence-corrected chi connectivity index (χ2v) is 10.5. The second-order valence-electron chi connectivity index (χ2n) is 8.46. The minimum atomic E-state index is 0.754. The molecule has 1 saturated carbocycles. The summed E-state index contributed by atoms with van der Waals surface area (Å²) in [5.74, 6) is 2.29. The average molecular weight is 467 g/mol. The molecule has 148 valence electrons. The smallest absolute Gasteiger partial charge is 0.0934 e. The first kappa shape index (κ1) is 18.1. The van der Waals surface area contributed by atoms with Crippen molar-refractivity contribution in [1.82, 2.24) is 5.01 Å². The fourth-order valence-corrected chi connectivity index (χ4v) is 7.10. The molecule has 6 rings (SSSR count). The molecule has 3 nitrogen and oxygen atoms in total. The topological polar surface area (TPSA) is 19.6 Å². The summed E-state index contributed by atoms with van der Waals surface area (Å²) in [5, 5.41) is 5.13. The van der Waals surface area contributed by atoms with Gasteiger partial charge in [0.05, 0.1) is 23.9 Å². The lowest BCUT2D eigenvalue weighted by molar-refractivity contribution is 0.108. The van der Waals surface area contributed by atoms with Crippen molar-refractivity contribution >= 4 is 39.1 Å². The first-order chi connectivity index (χ1) is 14.3. The van der Waals surface area contributed by atoms with E-state index in [9.17, 15) is 0 Å². The predicted octanol–water partition coefficient (Wildman–Crippen LogP) is 6.76. The zero-order valence-electron chi connectivity index (χ0n) is 16.1. The van der Waals surface area contributed by atoms with Crippen LogP contribution < -0.4 is 5.01 Å². The Kier molecular flexibility index (Phi) is 4.51. The molecular weight excluding hydrogens is 444 g/mol. The van der Waals surface area contributed by atoms with E-state index in [-0.39, 0.29) is 0 Å². The van der Waals surface area contributed by atoms with Crippen LogP contribution in [0.1, 0.15) is 18.4 Å². The molecule has 2 bridgehead atoms. The van der Waals surface area contributed by atoms with Gasteiger partial charge in [0.2, 0.25) is 0 Å². The van der Waals surface area contributed by atoms with Crippen LogP contribution in [0, 0.1) is 17.8 Å². The largest absolute Gasteiger partial charge is 0.472 e. The summed E-state index contributed by atoms with van der Waals surface area (Å²) < 4.78 is 6.47. The number of rotatable bonds is 3. The van der Waals surface area contributed by atoms with Crippen molar-refractivity contribution in [3.63, 3.8) is 0 Å². The quantitative estimate of drug-likeness (QED) is 0.424. The molecule has 2 aromatic carbocycles. The van der Waals surface area contributed by atoms with Crippen LogP contribution in [0.2, 0.25) is 0 Å². The Bertz CT molecular complexity index is 1020. The fraction of sp³-hybridized carbons (Fsp3) is 0.333. The van der Waals surface area contributed by atoms with Gasteiger partial charge in [0.25, 0.3) is 0 Å². The number of para-hydroxylation sites is 1. The SMILES string of the molecule is Brc1ccc2c(c1)Sc1ccccc1N2N1CC2CCC(C1)C2Cc1ccoc1. The Hall–Kier alpha value is -1.69. The van der Waals surface area contributed by atoms with Crippen LogP contribution in [0.5, 0.6) is 0 Å². The highest BCUT2D eigenvalue weighted by Crippen LogP contribution is 2.52. The fourth-order valence-electron chi connectivity index (χ4n) is 5.50. The third-order valence-electron chi connectivity index (χ3n) is 6.81. The minimum Gasteiger partial charge on any atom is -0.472 e. The van der Waals surface area contributed by atoms with E-state index in [1.165, 1.54) is 39.6 Å². The maximum absolute atomic E-state index is 5.33. The van der Waals surface area contributed by atoms with Gasteiger partial charge in [0.1, 0.15) is 0 Å². The summed E-state index contributed by atoms with van der Waals surface area (Å²) >= 11 is 5.53. The Morgan fingerprint density at radius 2 is 1.76 bits per heavy atom. The van der Waals surface area contributed by atoms with Gasteiger partial charge in [-0.25, -0.2) is 5.01 Å². The van der Waals surface area contributed by atoms with E-state index >= 15 is 0 Å². The molecule has 1 saturated heterocycles. The molecule has 2 atom stereocenters. The molecular formula is C24H23BrN2OS. The summed E-state index contributed by atoms with van der Waals surface area (Å²) in [7, 11) is 0. The van der Waals surface area contributed by atoms with E-state index in [0.29, 0.717) is 0 Å². The zero-order chi connectivity index (χ0) is 19.4. The highest BCUT2D eigenvalue weighted by Gasteiger charge is 2.44. The van der Waals surface area contributed by atoms with E-state index in [1.807, 2.05) is 24.3 Å². The van der Waals surface area contributed by atoms with E-state index in [0.717, 1.165) is 41.7 Å². The number of nitrogens with zero attached hydrogens (tertiary/aromatic N) is 2. The number of furan rings is 1. The molecule has 2 unspecified atom stereocenters. The molecule has 0 amide bonds. The molecule has 0 spiro atoms. The van der Waals surface area contributed by atoms with Crippen LogP contribution >= 0.6 is 27.7 Å². The molecule has 1 aliphatic carbocycles. The summed E-state index contributed by atoms with van der Waals surface area (Å²) in [6.45, 7) is 2.26. The van der Waals surface area contributed by atoms with Crippen LogP contribution in [-0.4, -0.2) is 18.1 Å². The lowest BCUT2D eigenvalue weighted by Crippen LogP contribution is -2.50. The normalized spacial score (nSPS) is 25.7. The summed E-state index contributed by atoms with van der Waals surface area (Å²) in [6.07, 6.45) is 7.60. The standard InChI is InChI=1S/C24H23BrN2OS/c25-19-7-8-22-24(12-19)29-23-4-2-1-3-21(23)27(22)26-13-17-5-6-18(14-26)20(17)11-16-9-10-28-15-16/h1-4,7-10,12,15,17-18,20H,5-6,11,13-14H2. The molecule has 3 aliphatic rings. The van der Waals surface area contributed by atoms with Gasteiger partial charge in [-0.05, 0) is 79.0 Å². The molecule has 2 aliphatic heterocycles.